The summed E-state index contributed by atoms with van der Waals surface area (Å²) in [6.45, 7) is 6.21. The first kappa shape index (κ1) is 22.3. The first-order valence-electron chi connectivity index (χ1n) is 7.34. The Balaban J connectivity index is 5.71. The molecule has 3 N–H and O–H groups in total. The molecule has 0 spiro atoms. The summed E-state index contributed by atoms with van der Waals surface area (Å²) in [5, 5.41) is 31.3. The molecule has 0 aliphatic carbocycles. The van der Waals surface area contributed by atoms with Crippen molar-refractivity contribution < 1.29 is 43.9 Å². The molecule has 9 heteroatoms. The number of carbonyl (C=O) groups is 3. The van der Waals surface area contributed by atoms with Gasteiger partial charge in [0.15, 0.2) is 12.2 Å². The van der Waals surface area contributed by atoms with E-state index in [1.807, 2.05) is 0 Å². The molecule has 0 bridgehead atoms. The van der Waals surface area contributed by atoms with Gasteiger partial charge in [-0.3, -0.25) is 14.4 Å². The highest BCUT2D eigenvalue weighted by Gasteiger charge is 2.56. The number of hydrogen-bond donors (Lipinski definition) is 3. The van der Waals surface area contributed by atoms with Crippen LogP contribution >= 0.6 is 0 Å². The van der Waals surface area contributed by atoms with Crippen molar-refractivity contribution >= 4 is 17.9 Å². The van der Waals surface area contributed by atoms with Crippen molar-refractivity contribution in [1.82, 2.24) is 0 Å². The summed E-state index contributed by atoms with van der Waals surface area (Å²) < 4.78 is 14.6. The van der Waals surface area contributed by atoms with Crippen molar-refractivity contribution in [2.45, 2.75) is 71.1 Å². The third-order valence-corrected chi connectivity index (χ3v) is 3.68. The van der Waals surface area contributed by atoms with E-state index in [9.17, 15) is 29.7 Å². The van der Waals surface area contributed by atoms with E-state index < -0.39 is 54.0 Å². The molecule has 0 heterocycles. The van der Waals surface area contributed by atoms with Crippen LogP contribution < -0.4 is 0 Å². The van der Waals surface area contributed by atoms with Crippen molar-refractivity contribution in [2.24, 2.45) is 0 Å². The van der Waals surface area contributed by atoms with Gasteiger partial charge in [-0.15, -0.1) is 0 Å². The quantitative estimate of drug-likeness (QED) is 0.383. The molecule has 24 heavy (non-hydrogen) atoms. The number of esters is 3. The highest BCUT2D eigenvalue weighted by Crippen LogP contribution is 2.34. The monoisotopic (exact) mass is 350 g/mol. The Labute approximate surface area is 140 Å². The molecule has 0 saturated heterocycles. The van der Waals surface area contributed by atoms with Crippen LogP contribution in [0.25, 0.3) is 0 Å². The van der Waals surface area contributed by atoms with Crippen LogP contribution in [0.4, 0.5) is 0 Å². The van der Waals surface area contributed by atoms with E-state index in [4.69, 9.17) is 14.2 Å². The van der Waals surface area contributed by atoms with Gasteiger partial charge in [-0.25, -0.2) is 0 Å². The zero-order valence-electron chi connectivity index (χ0n) is 14.7. The van der Waals surface area contributed by atoms with Gasteiger partial charge < -0.3 is 29.5 Å². The van der Waals surface area contributed by atoms with Crippen molar-refractivity contribution in [3.63, 3.8) is 0 Å². The Bertz CT molecular complexity index is 468. The second kappa shape index (κ2) is 8.41. The van der Waals surface area contributed by atoms with Crippen LogP contribution in [-0.2, 0) is 28.6 Å². The predicted molar refractivity (Wildman–Crippen MR) is 80.7 cm³/mol. The fraction of sp³-hybridized carbons (Fsp3) is 0.800. The highest BCUT2D eigenvalue weighted by molar-refractivity contribution is 5.67. The normalized spacial score (nSPS) is 19.9. The molecule has 9 nitrogen and oxygen atoms in total. The molecule has 0 aromatic rings. The number of carbonyl (C=O) groups excluding carboxylic acids is 3. The van der Waals surface area contributed by atoms with E-state index >= 15 is 0 Å². The molecule has 0 aliphatic rings. The summed E-state index contributed by atoms with van der Waals surface area (Å²) in [6.07, 6.45) is -4.34. The SMILES string of the molecule is CC(=O)OCC(OC(C)=O)C(C)(O)C(C)(O)C(OC(C)=O)C(C)O. The van der Waals surface area contributed by atoms with Crippen molar-refractivity contribution in [3.05, 3.63) is 0 Å². The molecular formula is C15H26O9. The minimum atomic E-state index is -2.24. The number of aliphatic hydroxyl groups excluding tert-OH is 1. The maximum absolute atomic E-state index is 11.3. The molecule has 0 rings (SSSR count). The third-order valence-electron chi connectivity index (χ3n) is 3.68. The van der Waals surface area contributed by atoms with Crippen LogP contribution in [-0.4, -0.2) is 69.3 Å². The summed E-state index contributed by atoms with van der Waals surface area (Å²) in [5.41, 5.74) is -4.47. The summed E-state index contributed by atoms with van der Waals surface area (Å²) >= 11 is 0. The molecule has 5 atom stereocenters. The fourth-order valence-electron chi connectivity index (χ4n) is 2.18. The Morgan fingerprint density at radius 1 is 0.917 bits per heavy atom. The maximum atomic E-state index is 11.3. The van der Waals surface area contributed by atoms with E-state index in [1.165, 1.54) is 6.92 Å². The fourth-order valence-corrected chi connectivity index (χ4v) is 2.18. The molecule has 0 fully saturated rings. The second-order valence-corrected chi connectivity index (χ2v) is 5.97. The van der Waals surface area contributed by atoms with Gasteiger partial charge in [0.1, 0.15) is 17.8 Å². The van der Waals surface area contributed by atoms with Crippen LogP contribution in [0.1, 0.15) is 41.5 Å². The molecule has 0 aromatic heterocycles. The van der Waals surface area contributed by atoms with Crippen molar-refractivity contribution in [2.75, 3.05) is 6.61 Å². The lowest BCUT2D eigenvalue weighted by Gasteiger charge is -2.46. The molecule has 0 aromatic carbocycles. The lowest BCUT2D eigenvalue weighted by Crippen LogP contribution is -2.67. The van der Waals surface area contributed by atoms with Gasteiger partial charge in [0, 0.05) is 20.8 Å². The van der Waals surface area contributed by atoms with E-state index in [1.54, 1.807) is 0 Å². The first-order valence-corrected chi connectivity index (χ1v) is 7.34. The van der Waals surface area contributed by atoms with Crippen molar-refractivity contribution in [3.8, 4) is 0 Å². The van der Waals surface area contributed by atoms with Crippen LogP contribution in [0.15, 0.2) is 0 Å². The van der Waals surface area contributed by atoms with Gasteiger partial charge in [0.05, 0.1) is 6.10 Å². The Kier molecular flexibility index (Phi) is 7.81. The summed E-state index contributed by atoms with van der Waals surface area (Å²) in [7, 11) is 0. The lowest BCUT2D eigenvalue weighted by molar-refractivity contribution is -0.253. The lowest BCUT2D eigenvalue weighted by atomic mass is 9.76. The molecule has 0 saturated carbocycles. The molecule has 0 amide bonds. The standard InChI is InChI=1S/C15H26O9/c1-8(16)13(24-11(4)19)15(6,21)14(5,20)12(23-10(3)18)7-22-9(2)17/h8,12-13,16,20-21H,7H2,1-6H3. The maximum Gasteiger partial charge on any atom is 0.303 e. The average Bonchev–Trinajstić information content (AvgIpc) is 2.39. The topological polar surface area (TPSA) is 140 Å². The Morgan fingerprint density at radius 3 is 1.71 bits per heavy atom. The van der Waals surface area contributed by atoms with Gasteiger partial charge >= 0.3 is 17.9 Å². The summed E-state index contributed by atoms with van der Waals surface area (Å²) in [4.78, 5) is 33.5. The van der Waals surface area contributed by atoms with Gasteiger partial charge in [-0.2, -0.15) is 0 Å². The predicted octanol–water partition coefficient (Wildman–Crippen LogP) is -0.704. The van der Waals surface area contributed by atoms with Gasteiger partial charge in [-0.05, 0) is 20.8 Å². The van der Waals surface area contributed by atoms with Gasteiger partial charge in [0.25, 0.3) is 0 Å². The summed E-state index contributed by atoms with van der Waals surface area (Å²) in [5.74, 6) is -2.26. The number of ether oxygens (including phenoxy) is 3. The Hall–Kier alpha value is -1.71. The van der Waals surface area contributed by atoms with Crippen LogP contribution in [0.3, 0.4) is 0 Å². The van der Waals surface area contributed by atoms with Crippen LogP contribution in [0, 0.1) is 0 Å². The summed E-state index contributed by atoms with van der Waals surface area (Å²) in [6, 6.07) is 0. The van der Waals surface area contributed by atoms with Crippen molar-refractivity contribution in [1.29, 1.82) is 0 Å². The van der Waals surface area contributed by atoms with Gasteiger partial charge in [-0.1, -0.05) is 0 Å². The first-order chi connectivity index (χ1) is 10.7. The largest absolute Gasteiger partial charge is 0.462 e. The number of aliphatic hydroxyl groups is 3. The minimum Gasteiger partial charge on any atom is -0.462 e. The minimum absolute atomic E-state index is 0.537. The molecule has 140 valence electrons. The molecule has 0 radical (unpaired) electrons. The Morgan fingerprint density at radius 2 is 1.38 bits per heavy atom. The molecular weight excluding hydrogens is 324 g/mol. The third kappa shape index (κ3) is 5.73. The highest BCUT2D eigenvalue weighted by atomic mass is 16.6. The average molecular weight is 350 g/mol. The number of rotatable bonds is 8. The van der Waals surface area contributed by atoms with E-state index in [2.05, 4.69) is 0 Å². The molecule has 5 unspecified atom stereocenters. The smallest absolute Gasteiger partial charge is 0.303 e. The zero-order valence-corrected chi connectivity index (χ0v) is 14.7. The van der Waals surface area contributed by atoms with E-state index in [0.29, 0.717) is 0 Å². The number of hydrogen-bond acceptors (Lipinski definition) is 9. The van der Waals surface area contributed by atoms with E-state index in [0.717, 1.165) is 34.6 Å². The molecule has 0 aliphatic heterocycles. The zero-order chi connectivity index (χ0) is 19.3. The van der Waals surface area contributed by atoms with Crippen LogP contribution in [0.2, 0.25) is 0 Å². The second-order valence-electron chi connectivity index (χ2n) is 5.97. The van der Waals surface area contributed by atoms with E-state index in [-0.39, 0.29) is 0 Å². The van der Waals surface area contributed by atoms with Crippen LogP contribution in [0.5, 0.6) is 0 Å². The van der Waals surface area contributed by atoms with Gasteiger partial charge in [0.2, 0.25) is 0 Å².